The van der Waals surface area contributed by atoms with Crippen LogP contribution in [-0.2, 0) is 11.2 Å². The SMILES string of the molecule is C=C(C)C(=O)NC(CO)Cc1ccccc1. The maximum Gasteiger partial charge on any atom is 0.246 e. The van der Waals surface area contributed by atoms with Crippen LogP contribution >= 0.6 is 0 Å². The van der Waals surface area contributed by atoms with Crippen molar-refractivity contribution in [2.45, 2.75) is 19.4 Å². The molecule has 1 aromatic carbocycles. The third kappa shape index (κ3) is 3.87. The summed E-state index contributed by atoms with van der Waals surface area (Å²) in [6.07, 6.45) is 0.621. The number of amides is 1. The Bertz CT molecular complexity index is 359. The first-order valence-electron chi connectivity index (χ1n) is 5.24. The molecule has 3 heteroatoms. The molecule has 1 amide bonds. The van der Waals surface area contributed by atoms with Crippen molar-refractivity contribution < 1.29 is 9.90 Å². The van der Waals surface area contributed by atoms with Gasteiger partial charge in [-0.3, -0.25) is 4.79 Å². The van der Waals surface area contributed by atoms with Crippen LogP contribution in [0.5, 0.6) is 0 Å². The van der Waals surface area contributed by atoms with E-state index in [0.717, 1.165) is 5.56 Å². The van der Waals surface area contributed by atoms with E-state index in [9.17, 15) is 9.90 Å². The summed E-state index contributed by atoms with van der Waals surface area (Å²) in [5, 5.41) is 11.9. The molecule has 0 aliphatic carbocycles. The minimum absolute atomic E-state index is 0.0755. The maximum atomic E-state index is 11.4. The predicted molar refractivity (Wildman–Crippen MR) is 64.0 cm³/mol. The molecule has 0 saturated heterocycles. The summed E-state index contributed by atoms with van der Waals surface area (Å²) in [7, 11) is 0. The Balaban J connectivity index is 2.56. The van der Waals surface area contributed by atoms with E-state index in [1.54, 1.807) is 6.92 Å². The van der Waals surface area contributed by atoms with E-state index >= 15 is 0 Å². The number of carbonyl (C=O) groups excluding carboxylic acids is 1. The summed E-state index contributed by atoms with van der Waals surface area (Å²) in [5.41, 5.74) is 1.54. The van der Waals surface area contributed by atoms with Crippen LogP contribution in [0.3, 0.4) is 0 Å². The fourth-order valence-electron chi connectivity index (χ4n) is 1.37. The van der Waals surface area contributed by atoms with E-state index in [2.05, 4.69) is 11.9 Å². The average molecular weight is 219 g/mol. The minimum Gasteiger partial charge on any atom is -0.394 e. The molecule has 0 aliphatic heterocycles. The highest BCUT2D eigenvalue weighted by molar-refractivity contribution is 5.92. The van der Waals surface area contributed by atoms with Crippen LogP contribution in [0.2, 0.25) is 0 Å². The van der Waals surface area contributed by atoms with Gasteiger partial charge in [0.15, 0.2) is 0 Å². The van der Waals surface area contributed by atoms with E-state index in [1.165, 1.54) is 0 Å². The molecule has 0 aliphatic rings. The Morgan fingerprint density at radius 2 is 2.06 bits per heavy atom. The van der Waals surface area contributed by atoms with Crippen molar-refractivity contribution in [3.05, 3.63) is 48.0 Å². The minimum atomic E-state index is -0.258. The van der Waals surface area contributed by atoms with Gasteiger partial charge in [0.1, 0.15) is 0 Å². The van der Waals surface area contributed by atoms with Gasteiger partial charge in [-0.25, -0.2) is 0 Å². The van der Waals surface area contributed by atoms with Gasteiger partial charge in [0, 0.05) is 5.57 Å². The summed E-state index contributed by atoms with van der Waals surface area (Å²) < 4.78 is 0. The molecule has 0 saturated carbocycles. The summed E-state index contributed by atoms with van der Waals surface area (Å²) in [5.74, 6) is -0.213. The molecule has 0 bridgehead atoms. The topological polar surface area (TPSA) is 49.3 Å². The fourth-order valence-corrected chi connectivity index (χ4v) is 1.37. The number of nitrogens with one attached hydrogen (secondary N) is 1. The Labute approximate surface area is 95.8 Å². The lowest BCUT2D eigenvalue weighted by atomic mass is 10.1. The van der Waals surface area contributed by atoms with Crippen LogP contribution in [0.15, 0.2) is 42.5 Å². The molecule has 1 aromatic rings. The number of aliphatic hydroxyl groups is 1. The van der Waals surface area contributed by atoms with E-state index in [-0.39, 0.29) is 18.6 Å². The van der Waals surface area contributed by atoms with Gasteiger partial charge in [0.25, 0.3) is 0 Å². The molecule has 0 heterocycles. The van der Waals surface area contributed by atoms with E-state index < -0.39 is 0 Å². The number of carbonyl (C=O) groups is 1. The monoisotopic (exact) mass is 219 g/mol. The molecule has 3 nitrogen and oxygen atoms in total. The van der Waals surface area contributed by atoms with Crippen LogP contribution < -0.4 is 5.32 Å². The maximum absolute atomic E-state index is 11.4. The number of aliphatic hydroxyl groups excluding tert-OH is 1. The summed E-state index contributed by atoms with van der Waals surface area (Å²) in [4.78, 5) is 11.4. The largest absolute Gasteiger partial charge is 0.394 e. The molecule has 0 spiro atoms. The van der Waals surface area contributed by atoms with Crippen LogP contribution in [0, 0.1) is 0 Å². The zero-order valence-corrected chi connectivity index (χ0v) is 9.44. The van der Waals surface area contributed by atoms with Crippen molar-refractivity contribution in [3.8, 4) is 0 Å². The van der Waals surface area contributed by atoms with Crippen molar-refractivity contribution in [2.75, 3.05) is 6.61 Å². The van der Waals surface area contributed by atoms with Gasteiger partial charge in [0.2, 0.25) is 5.91 Å². The first-order chi connectivity index (χ1) is 7.63. The molecule has 16 heavy (non-hydrogen) atoms. The van der Waals surface area contributed by atoms with Crippen molar-refractivity contribution in [1.29, 1.82) is 0 Å². The molecule has 2 N–H and O–H groups in total. The van der Waals surface area contributed by atoms with Crippen molar-refractivity contribution >= 4 is 5.91 Å². The summed E-state index contributed by atoms with van der Waals surface area (Å²) >= 11 is 0. The van der Waals surface area contributed by atoms with E-state index in [0.29, 0.717) is 12.0 Å². The third-order valence-electron chi connectivity index (χ3n) is 2.27. The zero-order valence-electron chi connectivity index (χ0n) is 9.44. The molecule has 0 radical (unpaired) electrons. The van der Waals surface area contributed by atoms with Gasteiger partial charge in [-0.2, -0.15) is 0 Å². The van der Waals surface area contributed by atoms with Crippen molar-refractivity contribution in [3.63, 3.8) is 0 Å². The molecular formula is C13H17NO2. The second kappa shape index (κ2) is 6.08. The van der Waals surface area contributed by atoms with Gasteiger partial charge in [-0.1, -0.05) is 36.9 Å². The van der Waals surface area contributed by atoms with Crippen LogP contribution in [0.4, 0.5) is 0 Å². The highest BCUT2D eigenvalue weighted by Gasteiger charge is 2.11. The van der Waals surface area contributed by atoms with Crippen LogP contribution in [0.25, 0.3) is 0 Å². The number of hydrogen-bond donors (Lipinski definition) is 2. The van der Waals surface area contributed by atoms with Gasteiger partial charge < -0.3 is 10.4 Å². The lowest BCUT2D eigenvalue weighted by Gasteiger charge is -2.16. The standard InChI is InChI=1S/C13H17NO2/c1-10(2)13(16)14-12(9-15)8-11-6-4-3-5-7-11/h3-7,12,15H,1,8-9H2,2H3,(H,14,16). The Hall–Kier alpha value is -1.61. The van der Waals surface area contributed by atoms with E-state index in [1.807, 2.05) is 30.3 Å². The smallest absolute Gasteiger partial charge is 0.246 e. The summed E-state index contributed by atoms with van der Waals surface area (Å²) in [6.45, 7) is 5.13. The van der Waals surface area contributed by atoms with E-state index in [4.69, 9.17) is 0 Å². The number of hydrogen-bond acceptors (Lipinski definition) is 2. The fraction of sp³-hybridized carbons (Fsp3) is 0.308. The second-order valence-electron chi connectivity index (χ2n) is 3.82. The normalized spacial score (nSPS) is 11.9. The predicted octanol–water partition coefficient (Wildman–Crippen LogP) is 1.28. The van der Waals surface area contributed by atoms with Gasteiger partial charge in [-0.15, -0.1) is 0 Å². The quantitative estimate of drug-likeness (QED) is 0.733. The molecule has 0 fully saturated rings. The molecule has 1 unspecified atom stereocenters. The zero-order chi connectivity index (χ0) is 12.0. The Kier molecular flexibility index (Phi) is 4.73. The second-order valence-corrected chi connectivity index (χ2v) is 3.82. The Morgan fingerprint density at radius 3 is 2.56 bits per heavy atom. The summed E-state index contributed by atoms with van der Waals surface area (Å²) in [6, 6.07) is 9.48. The van der Waals surface area contributed by atoms with Crippen molar-refractivity contribution in [1.82, 2.24) is 5.32 Å². The molecule has 86 valence electrons. The van der Waals surface area contributed by atoms with Gasteiger partial charge in [-0.05, 0) is 18.9 Å². The molecule has 1 rings (SSSR count). The molecule has 1 atom stereocenters. The first kappa shape index (κ1) is 12.5. The van der Waals surface area contributed by atoms with Crippen molar-refractivity contribution in [2.24, 2.45) is 0 Å². The molecular weight excluding hydrogens is 202 g/mol. The van der Waals surface area contributed by atoms with Crippen LogP contribution in [-0.4, -0.2) is 23.7 Å². The van der Waals surface area contributed by atoms with Gasteiger partial charge in [0.05, 0.1) is 12.6 Å². The Morgan fingerprint density at radius 1 is 1.44 bits per heavy atom. The highest BCUT2D eigenvalue weighted by Crippen LogP contribution is 2.03. The lowest BCUT2D eigenvalue weighted by molar-refractivity contribution is -0.118. The highest BCUT2D eigenvalue weighted by atomic mass is 16.3. The first-order valence-corrected chi connectivity index (χ1v) is 5.24. The number of benzene rings is 1. The van der Waals surface area contributed by atoms with Crippen LogP contribution in [0.1, 0.15) is 12.5 Å². The third-order valence-corrected chi connectivity index (χ3v) is 2.27. The van der Waals surface area contributed by atoms with Gasteiger partial charge >= 0.3 is 0 Å². The average Bonchev–Trinajstić information content (AvgIpc) is 2.29. The molecule has 0 aromatic heterocycles. The number of rotatable bonds is 5. The lowest BCUT2D eigenvalue weighted by Crippen LogP contribution is -2.39.